The quantitative estimate of drug-likeness (QED) is 0.533. The van der Waals surface area contributed by atoms with E-state index in [-0.39, 0.29) is 23.0 Å². The first-order chi connectivity index (χ1) is 15.6. The Morgan fingerprint density at radius 2 is 1.88 bits per heavy atom. The van der Waals surface area contributed by atoms with Gasteiger partial charge < -0.3 is 4.90 Å². The SMILES string of the molecule is O=c1ccc2ncc(=O)n3c2n1CC3CN1CCC(CCCCc2cccc(F)c2)CC1. The van der Waals surface area contributed by atoms with E-state index >= 15 is 0 Å². The van der Waals surface area contributed by atoms with Crippen LogP contribution in [0, 0.1) is 11.7 Å². The Labute approximate surface area is 186 Å². The average Bonchev–Trinajstić information content (AvgIpc) is 3.18. The molecule has 1 saturated heterocycles. The fourth-order valence-corrected chi connectivity index (χ4v) is 5.37. The van der Waals surface area contributed by atoms with Crippen molar-refractivity contribution in [2.24, 2.45) is 5.92 Å². The molecule has 2 aliphatic heterocycles. The fraction of sp³-hybridized carbons (Fsp3) is 0.480. The number of hydrogen-bond acceptors (Lipinski definition) is 4. The van der Waals surface area contributed by atoms with Crippen LogP contribution in [-0.2, 0) is 13.0 Å². The van der Waals surface area contributed by atoms with Crippen LogP contribution in [0.25, 0.3) is 11.2 Å². The lowest BCUT2D eigenvalue weighted by atomic mass is 9.90. The third-order valence-corrected chi connectivity index (χ3v) is 7.07. The highest BCUT2D eigenvalue weighted by Crippen LogP contribution is 2.27. The van der Waals surface area contributed by atoms with Crippen molar-refractivity contribution in [1.82, 2.24) is 19.0 Å². The average molecular weight is 437 g/mol. The highest BCUT2D eigenvalue weighted by Gasteiger charge is 2.29. The van der Waals surface area contributed by atoms with Crippen LogP contribution in [0.2, 0.25) is 0 Å². The fourth-order valence-electron chi connectivity index (χ4n) is 5.37. The van der Waals surface area contributed by atoms with Crippen molar-refractivity contribution < 1.29 is 4.39 Å². The lowest BCUT2D eigenvalue weighted by Gasteiger charge is -2.33. The third-order valence-electron chi connectivity index (χ3n) is 7.07. The molecule has 5 rings (SSSR count). The van der Waals surface area contributed by atoms with E-state index in [1.165, 1.54) is 44.0 Å². The second-order valence-corrected chi connectivity index (χ2v) is 9.23. The molecule has 1 fully saturated rings. The zero-order valence-electron chi connectivity index (χ0n) is 18.3. The van der Waals surface area contributed by atoms with Crippen molar-refractivity contribution in [3.8, 4) is 0 Å². The van der Waals surface area contributed by atoms with E-state index in [2.05, 4.69) is 9.88 Å². The minimum Gasteiger partial charge on any atom is -0.301 e. The van der Waals surface area contributed by atoms with Crippen LogP contribution in [0.15, 0.2) is 52.2 Å². The Bertz CT molecular complexity index is 1220. The van der Waals surface area contributed by atoms with Crippen LogP contribution >= 0.6 is 0 Å². The molecular weight excluding hydrogens is 407 g/mol. The van der Waals surface area contributed by atoms with Gasteiger partial charge in [-0.25, -0.2) is 9.37 Å². The summed E-state index contributed by atoms with van der Waals surface area (Å²) in [6.45, 7) is 3.38. The highest BCUT2D eigenvalue weighted by molar-refractivity contribution is 5.71. The van der Waals surface area contributed by atoms with Gasteiger partial charge in [0.2, 0.25) is 0 Å². The van der Waals surface area contributed by atoms with Gasteiger partial charge in [-0.15, -0.1) is 0 Å². The minimum atomic E-state index is -0.153. The summed E-state index contributed by atoms with van der Waals surface area (Å²) < 4.78 is 16.7. The van der Waals surface area contributed by atoms with Gasteiger partial charge in [0.25, 0.3) is 11.1 Å². The number of likely N-dealkylation sites (tertiary alicyclic amines) is 1. The van der Waals surface area contributed by atoms with E-state index in [0.717, 1.165) is 44.0 Å². The van der Waals surface area contributed by atoms with E-state index in [4.69, 9.17) is 0 Å². The van der Waals surface area contributed by atoms with Crippen LogP contribution in [0.4, 0.5) is 4.39 Å². The highest BCUT2D eigenvalue weighted by atomic mass is 19.1. The summed E-state index contributed by atoms with van der Waals surface area (Å²) in [4.78, 5) is 31.5. The van der Waals surface area contributed by atoms with E-state index in [1.807, 2.05) is 6.07 Å². The zero-order valence-corrected chi connectivity index (χ0v) is 18.3. The van der Waals surface area contributed by atoms with Gasteiger partial charge in [0, 0.05) is 19.2 Å². The number of pyridine rings is 1. The third kappa shape index (κ3) is 4.26. The van der Waals surface area contributed by atoms with Crippen LogP contribution in [0.5, 0.6) is 0 Å². The number of nitrogens with zero attached hydrogens (tertiary/aromatic N) is 4. The molecule has 0 radical (unpaired) electrons. The number of hydrogen-bond donors (Lipinski definition) is 0. The largest absolute Gasteiger partial charge is 0.301 e. The molecule has 168 valence electrons. The molecular formula is C25H29FN4O2. The lowest BCUT2D eigenvalue weighted by Crippen LogP contribution is -2.39. The van der Waals surface area contributed by atoms with Crippen LogP contribution in [0.3, 0.4) is 0 Å². The molecule has 0 bridgehead atoms. The molecule has 0 amide bonds. The maximum absolute atomic E-state index is 13.3. The molecule has 0 aliphatic carbocycles. The van der Waals surface area contributed by atoms with Crippen molar-refractivity contribution in [2.45, 2.75) is 51.1 Å². The van der Waals surface area contributed by atoms with Gasteiger partial charge in [-0.1, -0.05) is 25.0 Å². The van der Waals surface area contributed by atoms with Gasteiger partial charge >= 0.3 is 0 Å². The first kappa shape index (κ1) is 21.1. The van der Waals surface area contributed by atoms with Crippen molar-refractivity contribution in [3.05, 3.63) is 74.7 Å². The van der Waals surface area contributed by atoms with Crippen LogP contribution in [-0.4, -0.2) is 38.7 Å². The Morgan fingerprint density at radius 1 is 1.03 bits per heavy atom. The van der Waals surface area contributed by atoms with Crippen LogP contribution < -0.4 is 11.1 Å². The number of aromatic nitrogens is 3. The van der Waals surface area contributed by atoms with Crippen molar-refractivity contribution >= 4 is 11.2 Å². The molecule has 6 nitrogen and oxygen atoms in total. The second-order valence-electron chi connectivity index (χ2n) is 9.23. The van der Waals surface area contributed by atoms with Gasteiger partial charge in [0.1, 0.15) is 17.0 Å². The molecule has 3 aromatic rings. The molecule has 32 heavy (non-hydrogen) atoms. The molecule has 4 heterocycles. The smallest absolute Gasteiger partial charge is 0.270 e. The van der Waals surface area contributed by atoms with Crippen molar-refractivity contribution in [2.75, 3.05) is 19.6 Å². The first-order valence-electron chi connectivity index (χ1n) is 11.7. The molecule has 1 unspecified atom stereocenters. The molecule has 0 spiro atoms. The molecule has 2 aromatic heterocycles. The number of unbranched alkanes of at least 4 members (excludes halogenated alkanes) is 1. The summed E-state index contributed by atoms with van der Waals surface area (Å²) in [6.07, 6.45) is 8.13. The van der Waals surface area contributed by atoms with Crippen molar-refractivity contribution in [3.63, 3.8) is 0 Å². The molecule has 0 saturated carbocycles. The summed E-state index contributed by atoms with van der Waals surface area (Å²) in [6, 6.07) is 10.1. The number of halogens is 1. The molecule has 1 aromatic carbocycles. The number of rotatable bonds is 7. The van der Waals surface area contributed by atoms with Gasteiger partial charge in [-0.05, 0) is 68.5 Å². The maximum Gasteiger partial charge on any atom is 0.270 e. The number of benzene rings is 1. The summed E-state index contributed by atoms with van der Waals surface area (Å²) >= 11 is 0. The summed E-state index contributed by atoms with van der Waals surface area (Å²) in [5.74, 6) is 0.581. The summed E-state index contributed by atoms with van der Waals surface area (Å²) in [5, 5.41) is 0. The topological polar surface area (TPSA) is 60.1 Å². The summed E-state index contributed by atoms with van der Waals surface area (Å²) in [5.41, 5.74) is 2.23. The Balaban J connectivity index is 1.12. The van der Waals surface area contributed by atoms with Crippen molar-refractivity contribution in [1.29, 1.82) is 0 Å². The zero-order chi connectivity index (χ0) is 22.1. The molecule has 1 atom stereocenters. The first-order valence-corrected chi connectivity index (χ1v) is 11.7. The number of aryl methyl sites for hydroxylation is 1. The Morgan fingerprint density at radius 3 is 2.69 bits per heavy atom. The molecule has 7 heteroatoms. The van der Waals surface area contributed by atoms with Gasteiger partial charge in [0.15, 0.2) is 0 Å². The van der Waals surface area contributed by atoms with Gasteiger partial charge in [-0.3, -0.25) is 18.7 Å². The number of piperidine rings is 1. The predicted octanol–water partition coefficient (Wildman–Crippen LogP) is 3.38. The normalized spacial score (nSPS) is 19.1. The maximum atomic E-state index is 13.3. The summed E-state index contributed by atoms with van der Waals surface area (Å²) in [7, 11) is 0. The van der Waals surface area contributed by atoms with E-state index < -0.39 is 0 Å². The Hall–Kier alpha value is -2.80. The second kappa shape index (κ2) is 8.98. The van der Waals surface area contributed by atoms with E-state index in [1.54, 1.807) is 27.3 Å². The van der Waals surface area contributed by atoms with E-state index in [9.17, 15) is 14.0 Å². The minimum absolute atomic E-state index is 0.0223. The molecule has 2 aliphatic rings. The monoisotopic (exact) mass is 436 g/mol. The predicted molar refractivity (Wildman–Crippen MR) is 122 cm³/mol. The molecule has 0 N–H and O–H groups in total. The van der Waals surface area contributed by atoms with Gasteiger partial charge in [0.05, 0.1) is 12.2 Å². The van der Waals surface area contributed by atoms with E-state index in [0.29, 0.717) is 17.7 Å². The lowest BCUT2D eigenvalue weighted by molar-refractivity contribution is 0.155. The standard InChI is InChI=1S/C25H29FN4O2/c26-20-7-3-6-19(14-20)5-2-1-4-18-10-12-28(13-11-18)16-21-17-29-23(31)9-8-22-25(29)30(21)24(32)15-27-22/h3,6-9,14-15,18,21H,1-2,4-5,10-13,16-17H2. The van der Waals surface area contributed by atoms with Gasteiger partial charge in [-0.2, -0.15) is 0 Å². The van der Waals surface area contributed by atoms with Crippen LogP contribution in [0.1, 0.15) is 43.7 Å². The Kier molecular flexibility index (Phi) is 5.91.